The number of hydrogen-bond donors (Lipinski definition) is 1. The molecule has 0 amide bonds. The van der Waals surface area contributed by atoms with Crippen LogP contribution in [0.2, 0.25) is 0 Å². The Kier molecular flexibility index (Phi) is 7.43. The van der Waals surface area contributed by atoms with Crippen molar-refractivity contribution < 1.29 is 23.8 Å². The molecule has 3 aromatic carbocycles. The van der Waals surface area contributed by atoms with Crippen LogP contribution in [0, 0.1) is 0 Å². The van der Waals surface area contributed by atoms with E-state index >= 15 is 0 Å². The van der Waals surface area contributed by atoms with Crippen LogP contribution in [0.25, 0.3) is 11.1 Å². The highest BCUT2D eigenvalue weighted by Gasteiger charge is 2.14. The van der Waals surface area contributed by atoms with Gasteiger partial charge in [0.1, 0.15) is 17.0 Å². The first-order valence-corrected chi connectivity index (χ1v) is 10.9. The fourth-order valence-corrected chi connectivity index (χ4v) is 3.42. The standard InChI is InChI=1S/C26H26N2O5/c29-25(30)20-9-6-12-22(19-20)32-18-8-16-28(15-7-17-31-21-10-2-1-3-11-21)26-27-23-13-4-5-14-24(23)33-26/h1-6,9-14,19H,7-8,15-18H2,(H,29,30). The zero-order valence-electron chi connectivity index (χ0n) is 18.2. The van der Waals surface area contributed by atoms with Gasteiger partial charge < -0.3 is 23.9 Å². The van der Waals surface area contributed by atoms with Crippen LogP contribution in [-0.2, 0) is 0 Å². The summed E-state index contributed by atoms with van der Waals surface area (Å²) in [6.45, 7) is 2.42. The number of oxazole rings is 1. The monoisotopic (exact) mass is 446 g/mol. The van der Waals surface area contributed by atoms with Crippen LogP contribution >= 0.6 is 0 Å². The highest BCUT2D eigenvalue weighted by atomic mass is 16.5. The second-order valence-corrected chi connectivity index (χ2v) is 7.50. The van der Waals surface area contributed by atoms with Gasteiger partial charge in [-0.25, -0.2) is 4.79 Å². The Morgan fingerprint density at radius 2 is 1.52 bits per heavy atom. The third-order valence-electron chi connectivity index (χ3n) is 5.06. The van der Waals surface area contributed by atoms with Gasteiger partial charge in [-0.1, -0.05) is 36.4 Å². The summed E-state index contributed by atoms with van der Waals surface area (Å²) in [4.78, 5) is 17.8. The lowest BCUT2D eigenvalue weighted by atomic mass is 10.2. The first-order valence-electron chi connectivity index (χ1n) is 10.9. The quantitative estimate of drug-likeness (QED) is 0.297. The molecule has 0 radical (unpaired) electrons. The normalized spacial score (nSPS) is 10.8. The predicted octanol–water partition coefficient (Wildman–Crippen LogP) is 5.27. The summed E-state index contributed by atoms with van der Waals surface area (Å²) >= 11 is 0. The lowest BCUT2D eigenvalue weighted by molar-refractivity contribution is 0.0696. The van der Waals surface area contributed by atoms with Gasteiger partial charge >= 0.3 is 5.97 Å². The van der Waals surface area contributed by atoms with Crippen LogP contribution in [-0.4, -0.2) is 42.4 Å². The molecule has 1 N–H and O–H groups in total. The van der Waals surface area contributed by atoms with Gasteiger partial charge in [0, 0.05) is 13.1 Å². The van der Waals surface area contributed by atoms with Crippen LogP contribution in [0.1, 0.15) is 23.2 Å². The van der Waals surface area contributed by atoms with E-state index in [2.05, 4.69) is 9.88 Å². The minimum Gasteiger partial charge on any atom is -0.494 e. The van der Waals surface area contributed by atoms with Gasteiger partial charge in [-0.2, -0.15) is 4.98 Å². The van der Waals surface area contributed by atoms with Crippen molar-refractivity contribution in [1.29, 1.82) is 0 Å². The number of benzene rings is 3. The summed E-state index contributed by atoms with van der Waals surface area (Å²) in [6, 6.07) is 24.5. The number of rotatable bonds is 12. The van der Waals surface area contributed by atoms with Gasteiger partial charge in [-0.3, -0.25) is 0 Å². The number of carboxylic acid groups (broad SMARTS) is 1. The number of hydrogen-bond acceptors (Lipinski definition) is 6. The van der Waals surface area contributed by atoms with E-state index in [0.29, 0.717) is 38.1 Å². The minimum atomic E-state index is -0.972. The van der Waals surface area contributed by atoms with Crippen molar-refractivity contribution in [1.82, 2.24) is 4.98 Å². The van der Waals surface area contributed by atoms with Crippen molar-refractivity contribution >= 4 is 23.1 Å². The number of aromatic carboxylic acids is 1. The fraction of sp³-hybridized carbons (Fsp3) is 0.231. The molecular weight excluding hydrogens is 420 g/mol. The summed E-state index contributed by atoms with van der Waals surface area (Å²) in [5, 5.41) is 9.13. The van der Waals surface area contributed by atoms with Gasteiger partial charge in [-0.15, -0.1) is 0 Å². The van der Waals surface area contributed by atoms with Crippen LogP contribution in [0.15, 0.2) is 83.3 Å². The van der Waals surface area contributed by atoms with Crippen LogP contribution in [0.5, 0.6) is 11.5 Å². The van der Waals surface area contributed by atoms with E-state index in [1.54, 1.807) is 18.2 Å². The Bertz CT molecular complexity index is 1140. The molecule has 0 bridgehead atoms. The van der Waals surface area contributed by atoms with Gasteiger partial charge in [0.2, 0.25) is 0 Å². The lowest BCUT2D eigenvalue weighted by Gasteiger charge is -2.20. The van der Waals surface area contributed by atoms with Crippen LogP contribution < -0.4 is 14.4 Å². The third-order valence-corrected chi connectivity index (χ3v) is 5.06. The first kappa shape index (κ1) is 22.2. The molecule has 0 spiro atoms. The van der Waals surface area contributed by atoms with E-state index in [0.717, 1.165) is 29.7 Å². The smallest absolute Gasteiger partial charge is 0.335 e. The molecule has 0 aliphatic rings. The van der Waals surface area contributed by atoms with Crippen molar-refractivity contribution in [2.75, 3.05) is 31.2 Å². The topological polar surface area (TPSA) is 85.0 Å². The summed E-state index contributed by atoms with van der Waals surface area (Å²) in [7, 11) is 0. The van der Waals surface area contributed by atoms with Gasteiger partial charge in [0.05, 0.1) is 18.8 Å². The van der Waals surface area contributed by atoms with Crippen molar-refractivity contribution in [3.05, 3.63) is 84.4 Å². The highest BCUT2D eigenvalue weighted by molar-refractivity contribution is 5.88. The van der Waals surface area contributed by atoms with E-state index in [1.807, 2.05) is 54.6 Å². The van der Waals surface area contributed by atoms with Crippen molar-refractivity contribution in [3.63, 3.8) is 0 Å². The molecule has 33 heavy (non-hydrogen) atoms. The highest BCUT2D eigenvalue weighted by Crippen LogP contribution is 2.22. The average molecular weight is 447 g/mol. The molecule has 0 aliphatic heterocycles. The molecule has 0 aliphatic carbocycles. The number of aromatic nitrogens is 1. The maximum atomic E-state index is 11.1. The number of ether oxygens (including phenoxy) is 2. The molecule has 1 heterocycles. The van der Waals surface area contributed by atoms with E-state index in [4.69, 9.17) is 19.0 Å². The molecule has 1 aromatic heterocycles. The Balaban J connectivity index is 1.34. The summed E-state index contributed by atoms with van der Waals surface area (Å²) < 4.78 is 17.5. The molecule has 170 valence electrons. The molecule has 0 saturated heterocycles. The first-order chi connectivity index (χ1) is 16.2. The SMILES string of the molecule is O=C(O)c1cccc(OCCCN(CCCOc2ccccc2)c2nc3ccccc3o2)c1. The summed E-state index contributed by atoms with van der Waals surface area (Å²) in [6.07, 6.45) is 1.52. The number of para-hydroxylation sites is 3. The maximum Gasteiger partial charge on any atom is 0.335 e. The summed E-state index contributed by atoms with van der Waals surface area (Å²) in [5.41, 5.74) is 1.78. The lowest BCUT2D eigenvalue weighted by Crippen LogP contribution is -2.28. The van der Waals surface area contributed by atoms with Crippen LogP contribution in [0.4, 0.5) is 6.01 Å². The molecule has 0 saturated carbocycles. The van der Waals surface area contributed by atoms with E-state index in [9.17, 15) is 4.79 Å². The van der Waals surface area contributed by atoms with E-state index in [-0.39, 0.29) is 5.56 Å². The molecule has 0 atom stereocenters. The molecular formula is C26H26N2O5. The largest absolute Gasteiger partial charge is 0.494 e. The van der Waals surface area contributed by atoms with E-state index in [1.165, 1.54) is 6.07 Å². The minimum absolute atomic E-state index is 0.207. The molecule has 7 heteroatoms. The Labute approximate surface area is 192 Å². The van der Waals surface area contributed by atoms with Crippen molar-refractivity contribution in [2.24, 2.45) is 0 Å². The molecule has 7 nitrogen and oxygen atoms in total. The second kappa shape index (κ2) is 11.0. The second-order valence-electron chi connectivity index (χ2n) is 7.50. The number of carbonyl (C=O) groups is 1. The zero-order chi connectivity index (χ0) is 22.9. The third kappa shape index (κ3) is 6.26. The van der Waals surface area contributed by atoms with Gasteiger partial charge in [0.15, 0.2) is 5.58 Å². The fourth-order valence-electron chi connectivity index (χ4n) is 3.42. The Morgan fingerprint density at radius 3 is 2.24 bits per heavy atom. The summed E-state index contributed by atoms with van der Waals surface area (Å²) in [5.74, 6) is 0.419. The van der Waals surface area contributed by atoms with Gasteiger partial charge in [0.25, 0.3) is 6.01 Å². The molecule has 0 unspecified atom stereocenters. The number of carboxylic acids is 1. The molecule has 0 fully saturated rings. The number of fused-ring (bicyclic) bond motifs is 1. The predicted molar refractivity (Wildman–Crippen MR) is 126 cm³/mol. The molecule has 4 aromatic rings. The Morgan fingerprint density at radius 1 is 0.848 bits per heavy atom. The van der Waals surface area contributed by atoms with Crippen LogP contribution in [0.3, 0.4) is 0 Å². The van der Waals surface area contributed by atoms with E-state index < -0.39 is 5.97 Å². The number of anilines is 1. The average Bonchev–Trinajstić information content (AvgIpc) is 3.28. The van der Waals surface area contributed by atoms with Crippen molar-refractivity contribution in [2.45, 2.75) is 12.8 Å². The number of nitrogens with zero attached hydrogens (tertiary/aromatic N) is 2. The van der Waals surface area contributed by atoms with Gasteiger partial charge in [-0.05, 0) is 55.3 Å². The zero-order valence-corrected chi connectivity index (χ0v) is 18.2. The Hall–Kier alpha value is -4.00. The maximum absolute atomic E-state index is 11.1. The van der Waals surface area contributed by atoms with Crippen molar-refractivity contribution in [3.8, 4) is 11.5 Å². The molecule has 4 rings (SSSR count).